The monoisotopic (exact) mass is 423 g/mol. The maximum absolute atomic E-state index is 12.7. The lowest BCUT2D eigenvalue weighted by Crippen LogP contribution is -2.31. The van der Waals surface area contributed by atoms with Crippen molar-refractivity contribution in [1.82, 2.24) is 9.88 Å². The van der Waals surface area contributed by atoms with Gasteiger partial charge in [0.25, 0.3) is 5.69 Å². The lowest BCUT2D eigenvalue weighted by Gasteiger charge is -2.23. The van der Waals surface area contributed by atoms with Crippen LogP contribution in [-0.2, 0) is 12.7 Å². The molecular formula is C19H20F3N5O3. The van der Waals surface area contributed by atoms with Crippen molar-refractivity contribution in [3.05, 3.63) is 63.3 Å². The topological polar surface area (TPSA) is 106 Å². The van der Waals surface area contributed by atoms with Crippen LogP contribution in [0.3, 0.4) is 0 Å². The number of carbonyl (C=O) groups excluding carboxylic acids is 1. The van der Waals surface area contributed by atoms with Crippen LogP contribution in [-0.4, -0.2) is 46.9 Å². The van der Waals surface area contributed by atoms with Gasteiger partial charge in [0.1, 0.15) is 5.82 Å². The van der Waals surface area contributed by atoms with Crippen LogP contribution >= 0.6 is 0 Å². The number of nitrogens with two attached hydrogens (primary N) is 1. The van der Waals surface area contributed by atoms with Gasteiger partial charge in [-0.2, -0.15) is 13.2 Å². The number of anilines is 1. The van der Waals surface area contributed by atoms with Gasteiger partial charge in [0.2, 0.25) is 5.91 Å². The number of alkyl halides is 3. The molecule has 2 aromatic rings. The second-order valence-corrected chi connectivity index (χ2v) is 6.98. The summed E-state index contributed by atoms with van der Waals surface area (Å²) < 4.78 is 38.1. The third-order valence-electron chi connectivity index (χ3n) is 4.95. The Morgan fingerprint density at radius 1 is 1.17 bits per heavy atom. The Hall–Kier alpha value is -3.21. The molecule has 30 heavy (non-hydrogen) atoms. The van der Waals surface area contributed by atoms with Gasteiger partial charge in [0.05, 0.1) is 10.5 Å². The number of hydrogen-bond acceptors (Lipinski definition) is 6. The molecule has 0 spiro atoms. The van der Waals surface area contributed by atoms with E-state index >= 15 is 0 Å². The van der Waals surface area contributed by atoms with Crippen LogP contribution in [0, 0.1) is 10.1 Å². The number of benzene rings is 1. The van der Waals surface area contributed by atoms with E-state index in [0.717, 1.165) is 18.7 Å². The Morgan fingerprint density at radius 3 is 2.53 bits per heavy atom. The summed E-state index contributed by atoms with van der Waals surface area (Å²) in [4.78, 5) is 30.0. The van der Waals surface area contributed by atoms with E-state index in [4.69, 9.17) is 5.73 Å². The minimum absolute atomic E-state index is 0.0702. The van der Waals surface area contributed by atoms with Crippen LogP contribution in [0.1, 0.15) is 27.9 Å². The average molecular weight is 423 g/mol. The molecule has 2 N–H and O–H groups in total. The molecule has 0 bridgehead atoms. The molecule has 1 saturated heterocycles. The predicted octanol–water partition coefficient (Wildman–Crippen LogP) is 2.82. The van der Waals surface area contributed by atoms with Crippen molar-refractivity contribution in [3.63, 3.8) is 0 Å². The zero-order chi connectivity index (χ0) is 21.9. The van der Waals surface area contributed by atoms with Gasteiger partial charge in [-0.15, -0.1) is 0 Å². The number of primary amides is 1. The number of rotatable bonds is 5. The molecule has 8 nitrogen and oxygen atoms in total. The standard InChI is InChI=1S/C19H20F3N5O3/c20-19(21,22)15-4-5-17(24-11-15)26-7-1-6-25(8-9-26)12-14-3-2-13(18(23)28)10-16(14)27(29)30/h2-5,10-11H,1,6-9,12H2,(H2,23,28). The van der Waals surface area contributed by atoms with E-state index in [1.807, 2.05) is 9.80 Å². The normalized spacial score (nSPS) is 15.6. The summed E-state index contributed by atoms with van der Waals surface area (Å²) in [7, 11) is 0. The van der Waals surface area contributed by atoms with Gasteiger partial charge in [0, 0.05) is 56.1 Å². The van der Waals surface area contributed by atoms with Crippen LogP contribution in [0.2, 0.25) is 0 Å². The van der Waals surface area contributed by atoms with Crippen LogP contribution in [0.5, 0.6) is 0 Å². The number of amides is 1. The molecule has 1 aromatic heterocycles. The number of hydrogen-bond donors (Lipinski definition) is 1. The maximum atomic E-state index is 12.7. The van der Waals surface area contributed by atoms with E-state index in [1.165, 1.54) is 24.3 Å². The number of aromatic nitrogens is 1. The molecule has 1 aliphatic heterocycles. The van der Waals surface area contributed by atoms with Gasteiger partial charge in [-0.05, 0) is 24.6 Å². The summed E-state index contributed by atoms with van der Waals surface area (Å²) in [5, 5.41) is 11.4. The van der Waals surface area contributed by atoms with Gasteiger partial charge >= 0.3 is 6.18 Å². The first kappa shape index (κ1) is 21.5. The number of nitrogens with zero attached hydrogens (tertiary/aromatic N) is 4. The van der Waals surface area contributed by atoms with Crippen LogP contribution in [0.25, 0.3) is 0 Å². The molecule has 0 radical (unpaired) electrons. The highest BCUT2D eigenvalue weighted by atomic mass is 19.4. The van der Waals surface area contributed by atoms with Gasteiger partial charge < -0.3 is 10.6 Å². The van der Waals surface area contributed by atoms with Crippen molar-refractivity contribution in [3.8, 4) is 0 Å². The smallest absolute Gasteiger partial charge is 0.366 e. The van der Waals surface area contributed by atoms with Gasteiger partial charge in [-0.3, -0.25) is 19.8 Å². The molecule has 1 fully saturated rings. The third kappa shape index (κ3) is 5.03. The second kappa shape index (κ2) is 8.66. The number of halogens is 3. The molecule has 0 unspecified atom stereocenters. The molecule has 11 heteroatoms. The zero-order valence-corrected chi connectivity index (χ0v) is 15.9. The maximum Gasteiger partial charge on any atom is 0.417 e. The average Bonchev–Trinajstić information content (AvgIpc) is 2.93. The van der Waals surface area contributed by atoms with Crippen molar-refractivity contribution in [2.45, 2.75) is 19.1 Å². The molecule has 3 rings (SSSR count). The van der Waals surface area contributed by atoms with Crippen molar-refractivity contribution in [2.75, 3.05) is 31.1 Å². The van der Waals surface area contributed by atoms with Crippen molar-refractivity contribution >= 4 is 17.4 Å². The summed E-state index contributed by atoms with van der Waals surface area (Å²) in [5.74, 6) is -0.277. The van der Waals surface area contributed by atoms with Crippen molar-refractivity contribution in [2.24, 2.45) is 5.73 Å². The molecular weight excluding hydrogens is 403 g/mol. The molecule has 2 heterocycles. The SMILES string of the molecule is NC(=O)c1ccc(CN2CCCN(c3ccc(C(F)(F)F)cn3)CC2)c([N+](=O)[O-])c1. The fourth-order valence-electron chi connectivity index (χ4n) is 3.36. The summed E-state index contributed by atoms with van der Waals surface area (Å²) in [6.45, 7) is 2.65. The summed E-state index contributed by atoms with van der Waals surface area (Å²) in [5.41, 5.74) is 4.76. The van der Waals surface area contributed by atoms with Gasteiger partial charge in [-0.1, -0.05) is 6.07 Å². The van der Waals surface area contributed by atoms with E-state index in [0.29, 0.717) is 44.1 Å². The molecule has 0 saturated carbocycles. The number of pyridine rings is 1. The summed E-state index contributed by atoms with van der Waals surface area (Å²) in [6, 6.07) is 6.52. The fraction of sp³-hybridized carbons (Fsp3) is 0.368. The Labute approximate surface area is 170 Å². The fourth-order valence-corrected chi connectivity index (χ4v) is 3.36. The van der Waals surface area contributed by atoms with Crippen LogP contribution < -0.4 is 10.6 Å². The lowest BCUT2D eigenvalue weighted by atomic mass is 10.1. The Bertz CT molecular complexity index is 934. The first-order chi connectivity index (χ1) is 14.1. The van der Waals surface area contributed by atoms with Gasteiger partial charge in [-0.25, -0.2) is 4.98 Å². The number of nitro groups is 1. The summed E-state index contributed by atoms with van der Waals surface area (Å²) in [6.07, 6.45) is -2.89. The molecule has 0 aliphatic carbocycles. The third-order valence-corrected chi connectivity index (χ3v) is 4.95. The van der Waals surface area contributed by atoms with E-state index in [2.05, 4.69) is 4.98 Å². The molecule has 160 valence electrons. The molecule has 1 aliphatic rings. The van der Waals surface area contributed by atoms with Gasteiger partial charge in [0.15, 0.2) is 0 Å². The van der Waals surface area contributed by atoms with Crippen molar-refractivity contribution < 1.29 is 22.9 Å². The Kier molecular flexibility index (Phi) is 6.20. The zero-order valence-electron chi connectivity index (χ0n) is 15.9. The highest BCUT2D eigenvalue weighted by molar-refractivity contribution is 5.93. The van der Waals surface area contributed by atoms with E-state index in [1.54, 1.807) is 0 Å². The van der Waals surface area contributed by atoms with Crippen LogP contribution in [0.15, 0.2) is 36.5 Å². The second-order valence-electron chi connectivity index (χ2n) is 6.98. The minimum atomic E-state index is -4.43. The molecule has 1 aromatic carbocycles. The molecule has 1 amide bonds. The first-order valence-corrected chi connectivity index (χ1v) is 9.23. The summed E-state index contributed by atoms with van der Waals surface area (Å²) >= 11 is 0. The van der Waals surface area contributed by atoms with E-state index in [9.17, 15) is 28.1 Å². The first-order valence-electron chi connectivity index (χ1n) is 9.23. The molecule has 0 atom stereocenters. The van der Waals surface area contributed by atoms with Crippen LogP contribution in [0.4, 0.5) is 24.7 Å². The lowest BCUT2D eigenvalue weighted by molar-refractivity contribution is -0.385. The highest BCUT2D eigenvalue weighted by Gasteiger charge is 2.31. The Balaban J connectivity index is 1.69. The Morgan fingerprint density at radius 2 is 1.93 bits per heavy atom. The number of nitro benzene ring substituents is 1. The predicted molar refractivity (Wildman–Crippen MR) is 103 cm³/mol. The van der Waals surface area contributed by atoms with E-state index < -0.39 is 22.6 Å². The van der Waals surface area contributed by atoms with Crippen molar-refractivity contribution in [1.29, 1.82) is 0 Å². The minimum Gasteiger partial charge on any atom is -0.366 e. The highest BCUT2D eigenvalue weighted by Crippen LogP contribution is 2.29. The quantitative estimate of drug-likeness (QED) is 0.586. The number of carbonyl (C=O) groups is 1. The van der Waals surface area contributed by atoms with E-state index in [-0.39, 0.29) is 11.3 Å². The largest absolute Gasteiger partial charge is 0.417 e.